The van der Waals surface area contributed by atoms with Gasteiger partial charge in [-0.05, 0) is 25.5 Å². The highest BCUT2D eigenvalue weighted by atomic mass is 31.2. The number of nitriles is 1. The maximum absolute atomic E-state index is 12.2. The Morgan fingerprint density at radius 2 is 2.27 bits per heavy atom. The third kappa shape index (κ3) is 4.39. The third-order valence-electron chi connectivity index (χ3n) is 5.09. The molecule has 33 heavy (non-hydrogen) atoms. The minimum absolute atomic E-state index is 0.00357. The van der Waals surface area contributed by atoms with Gasteiger partial charge in [-0.15, -0.1) is 0 Å². The van der Waals surface area contributed by atoms with E-state index in [2.05, 4.69) is 10.1 Å². The summed E-state index contributed by atoms with van der Waals surface area (Å²) in [7, 11) is -4.48. The van der Waals surface area contributed by atoms with Gasteiger partial charge in [-0.2, -0.15) is 10.4 Å². The molecule has 0 aromatic carbocycles. The quantitative estimate of drug-likeness (QED) is 0.275. The molecule has 0 spiro atoms. The van der Waals surface area contributed by atoms with Crippen LogP contribution in [0.3, 0.4) is 0 Å². The van der Waals surface area contributed by atoms with E-state index in [4.69, 9.17) is 35.1 Å². The first kappa shape index (κ1) is 22.0. The van der Waals surface area contributed by atoms with Crippen LogP contribution in [-0.4, -0.2) is 70.4 Å². The molecule has 0 aliphatic carbocycles. The molecule has 4 rings (SSSR count). The van der Waals surface area contributed by atoms with E-state index in [1.54, 1.807) is 0 Å². The molecule has 0 bridgehead atoms. The number of rotatable bonds is 10. The van der Waals surface area contributed by atoms with E-state index in [0.29, 0.717) is 19.6 Å². The number of hydrogen-bond donors (Lipinski definition) is 2. The number of anilines is 1. The van der Waals surface area contributed by atoms with Crippen LogP contribution in [0.15, 0.2) is 18.4 Å². The normalized spacial score (nSPS) is 28.6. The summed E-state index contributed by atoms with van der Waals surface area (Å²) in [6, 6.07) is 3.17. The molecule has 3 N–H and O–H groups in total. The third-order valence-corrected chi connectivity index (χ3v) is 6.07. The van der Waals surface area contributed by atoms with Gasteiger partial charge in [-0.3, -0.25) is 9.05 Å². The van der Waals surface area contributed by atoms with Crippen molar-refractivity contribution in [1.82, 2.24) is 14.6 Å². The van der Waals surface area contributed by atoms with Gasteiger partial charge >= 0.3 is 14.0 Å². The second-order valence-electron chi connectivity index (χ2n) is 7.10. The van der Waals surface area contributed by atoms with Crippen LogP contribution in [0.1, 0.15) is 20.4 Å². The molecule has 1 unspecified atom stereocenters. The van der Waals surface area contributed by atoms with E-state index in [0.717, 1.165) is 6.33 Å². The van der Waals surface area contributed by atoms with Gasteiger partial charge in [-0.25, -0.2) is 18.9 Å². The van der Waals surface area contributed by atoms with Gasteiger partial charge in [0.15, 0.2) is 18.0 Å². The van der Waals surface area contributed by atoms with Gasteiger partial charge in [0, 0.05) is 13.2 Å². The van der Waals surface area contributed by atoms with Crippen LogP contribution >= 0.6 is 7.82 Å². The van der Waals surface area contributed by atoms with E-state index < -0.39 is 44.5 Å². The van der Waals surface area contributed by atoms with Crippen molar-refractivity contribution in [2.24, 2.45) is 0 Å². The summed E-state index contributed by atoms with van der Waals surface area (Å²) in [6.45, 7) is 2.03. The number of nitrogens with zero attached hydrogens (tertiary/aromatic N) is 4. The molecule has 2 aromatic rings. The number of carbonyl (C=O) groups excluding carboxylic acids is 1. The fraction of sp³-hybridized carbons (Fsp3) is 0.556. The number of carbonyl (C=O) groups is 1. The second-order valence-corrected chi connectivity index (χ2v) is 8.56. The maximum Gasteiger partial charge on any atom is 0.509 e. The summed E-state index contributed by atoms with van der Waals surface area (Å²) < 4.78 is 52.9. The monoisotopic (exact) mass is 484 g/mol. The van der Waals surface area contributed by atoms with Gasteiger partial charge in [0.2, 0.25) is 5.60 Å². The SMILES string of the molecule is [2H]c1cc([C@]2(C#N)O[C@H](COP(=O)(O)OCCCOCC)[C@H]3OC(=O)O[C@H]32)n2ncnc(N)c12. The highest BCUT2D eigenvalue weighted by Crippen LogP contribution is 2.49. The predicted octanol–water partition coefficient (Wildman–Crippen LogP) is 0.893. The van der Waals surface area contributed by atoms with Crippen LogP contribution in [0.5, 0.6) is 0 Å². The lowest BCUT2D eigenvalue weighted by atomic mass is 9.92. The molecule has 2 saturated heterocycles. The van der Waals surface area contributed by atoms with E-state index in [9.17, 15) is 19.5 Å². The number of phosphoric ester groups is 1. The molecule has 2 aliphatic rings. The van der Waals surface area contributed by atoms with Crippen molar-refractivity contribution >= 4 is 25.3 Å². The van der Waals surface area contributed by atoms with Crippen molar-refractivity contribution in [2.75, 3.05) is 32.2 Å². The largest absolute Gasteiger partial charge is 0.509 e. The highest BCUT2D eigenvalue weighted by molar-refractivity contribution is 7.47. The van der Waals surface area contributed by atoms with Crippen LogP contribution in [0, 0.1) is 11.3 Å². The van der Waals surface area contributed by atoms with Crippen LogP contribution in [0.2, 0.25) is 0 Å². The fourth-order valence-corrected chi connectivity index (χ4v) is 4.42. The summed E-state index contributed by atoms with van der Waals surface area (Å²) in [5.74, 6) is -0.00357. The standard InChI is InChI=1S/C18H22N5O9P/c1-2-27-6-3-7-28-33(25,26)29-8-12-14-15(31-17(24)30-14)18(9-19,32-12)13-5-4-11-16(20)21-10-22-23(11)13/h4-5,10,12,14-15H,2-3,6-8H2,1H3,(H,25,26)(H2,20,21,22)/t12-,14-,15-,18+/m1/s1/i4D. The average molecular weight is 484 g/mol. The van der Waals surface area contributed by atoms with Crippen LogP contribution in [0.4, 0.5) is 10.6 Å². The molecule has 2 fully saturated rings. The molecular weight excluding hydrogens is 461 g/mol. The fourth-order valence-electron chi connectivity index (χ4n) is 3.65. The van der Waals surface area contributed by atoms with E-state index >= 15 is 0 Å². The van der Waals surface area contributed by atoms with Crippen molar-refractivity contribution < 1.29 is 43.6 Å². The number of nitrogens with two attached hydrogens (primary N) is 1. The highest BCUT2D eigenvalue weighted by Gasteiger charge is 2.65. The molecule has 2 aliphatic heterocycles. The van der Waals surface area contributed by atoms with Gasteiger partial charge in [-0.1, -0.05) is 0 Å². The number of fused-ring (bicyclic) bond motifs is 2. The molecule has 4 heterocycles. The number of phosphoric acid groups is 1. The Hall–Kier alpha value is -2.79. The van der Waals surface area contributed by atoms with Crippen molar-refractivity contribution in [3.05, 3.63) is 24.1 Å². The van der Waals surface area contributed by atoms with Gasteiger partial charge < -0.3 is 29.6 Å². The molecule has 178 valence electrons. The molecule has 5 atom stereocenters. The number of hydrogen-bond acceptors (Lipinski definition) is 12. The summed E-state index contributed by atoms with van der Waals surface area (Å²) in [5, 5.41) is 14.2. The number of nitrogen functional groups attached to an aromatic ring is 1. The Kier molecular flexibility index (Phi) is 6.15. The molecule has 2 aromatic heterocycles. The van der Waals surface area contributed by atoms with E-state index in [1.165, 1.54) is 10.6 Å². The molecule has 0 amide bonds. The summed E-state index contributed by atoms with van der Waals surface area (Å²) >= 11 is 0. The Morgan fingerprint density at radius 1 is 1.45 bits per heavy atom. The second kappa shape index (κ2) is 9.22. The first-order valence-corrected chi connectivity index (χ1v) is 11.5. The van der Waals surface area contributed by atoms with Gasteiger partial charge in [0.1, 0.15) is 24.0 Å². The maximum atomic E-state index is 12.2. The molecule has 0 saturated carbocycles. The topological polar surface area (TPSA) is 190 Å². The molecule has 14 nitrogen and oxygen atoms in total. The lowest BCUT2D eigenvalue weighted by molar-refractivity contribution is -0.0814. The Bertz CT molecular complexity index is 1170. The molecule has 15 heteroatoms. The van der Waals surface area contributed by atoms with Gasteiger partial charge in [0.25, 0.3) is 0 Å². The van der Waals surface area contributed by atoms with Gasteiger partial charge in [0.05, 0.1) is 20.3 Å². The van der Waals surface area contributed by atoms with Crippen LogP contribution in [0.25, 0.3) is 5.52 Å². The Labute approximate surface area is 189 Å². The lowest BCUT2D eigenvalue weighted by Crippen LogP contribution is -2.39. The number of aromatic nitrogens is 3. The average Bonchev–Trinajstić information content (AvgIpc) is 3.43. The Morgan fingerprint density at radius 3 is 3.03 bits per heavy atom. The summed E-state index contributed by atoms with van der Waals surface area (Å²) in [5.41, 5.74) is 4.03. The smallest absolute Gasteiger partial charge is 0.424 e. The van der Waals surface area contributed by atoms with Crippen molar-refractivity contribution in [2.45, 2.75) is 37.3 Å². The van der Waals surface area contributed by atoms with Crippen molar-refractivity contribution in [3.63, 3.8) is 0 Å². The van der Waals surface area contributed by atoms with Crippen LogP contribution in [-0.2, 0) is 38.2 Å². The first-order chi connectivity index (χ1) is 16.2. The zero-order chi connectivity index (χ0) is 24.5. The lowest BCUT2D eigenvalue weighted by Gasteiger charge is -2.24. The van der Waals surface area contributed by atoms with Crippen molar-refractivity contribution in [1.29, 1.82) is 5.26 Å². The number of ether oxygens (including phenoxy) is 4. The minimum atomic E-state index is -4.48. The predicted molar refractivity (Wildman–Crippen MR) is 108 cm³/mol. The zero-order valence-corrected chi connectivity index (χ0v) is 18.3. The zero-order valence-electron chi connectivity index (χ0n) is 18.4. The van der Waals surface area contributed by atoms with E-state index in [-0.39, 0.29) is 29.7 Å². The Balaban J connectivity index is 1.57. The minimum Gasteiger partial charge on any atom is -0.424 e. The molecular formula is C18H22N5O9P. The van der Waals surface area contributed by atoms with E-state index in [1.807, 2.05) is 13.0 Å². The summed E-state index contributed by atoms with van der Waals surface area (Å²) in [4.78, 5) is 25.7. The van der Waals surface area contributed by atoms with Crippen molar-refractivity contribution in [3.8, 4) is 6.07 Å². The summed E-state index contributed by atoms with van der Waals surface area (Å²) in [6.07, 6.45) is -3.16. The first-order valence-electron chi connectivity index (χ1n) is 10.5. The molecule has 0 radical (unpaired) electrons. The van der Waals surface area contributed by atoms with Crippen LogP contribution < -0.4 is 5.73 Å².